The normalized spacial score (nSPS) is 11.8. The number of nitrogen functional groups attached to an aromatic ring is 1. The molecule has 0 aliphatic carbocycles. The summed E-state index contributed by atoms with van der Waals surface area (Å²) in [5.41, 5.74) is 5.75. The van der Waals surface area contributed by atoms with Gasteiger partial charge in [0.2, 0.25) is 0 Å². The molecule has 0 unspecified atom stereocenters. The maximum atomic E-state index is 12.1. The molecule has 0 aromatic carbocycles. The van der Waals surface area contributed by atoms with Gasteiger partial charge in [0.05, 0.1) is 16.8 Å². The lowest BCUT2D eigenvalue weighted by atomic mass is 10.3. The number of halogens is 4. The van der Waals surface area contributed by atoms with Crippen LogP contribution in [-0.2, 0) is 17.8 Å². The molecule has 0 aliphatic heterocycles. The Labute approximate surface area is 98.1 Å². The van der Waals surface area contributed by atoms with Crippen molar-refractivity contribution >= 4 is 21.7 Å². The number of rotatable bonds is 3. The summed E-state index contributed by atoms with van der Waals surface area (Å²) < 4.78 is 41.5. The van der Waals surface area contributed by atoms with Crippen LogP contribution < -0.4 is 5.73 Å². The fourth-order valence-electron chi connectivity index (χ4n) is 1.06. The third-order valence-electron chi connectivity index (χ3n) is 1.63. The van der Waals surface area contributed by atoms with Crippen LogP contribution in [0.5, 0.6) is 0 Å². The Hall–Kier alpha value is -0.890. The molecule has 1 aromatic heterocycles. The fourth-order valence-corrected chi connectivity index (χ4v) is 1.35. The number of methoxy groups -OCH3 is 1. The molecule has 0 saturated carbocycles. The van der Waals surface area contributed by atoms with E-state index < -0.39 is 12.6 Å². The van der Waals surface area contributed by atoms with E-state index in [1.54, 1.807) is 0 Å². The predicted octanol–water partition coefficient (Wildman–Crippen LogP) is 2.07. The Balaban J connectivity index is 3.04. The molecule has 0 amide bonds. The summed E-state index contributed by atoms with van der Waals surface area (Å²) >= 11 is 3.08. The van der Waals surface area contributed by atoms with E-state index in [4.69, 9.17) is 10.5 Å². The van der Waals surface area contributed by atoms with Gasteiger partial charge in [-0.2, -0.15) is 13.2 Å². The molecule has 8 heteroatoms. The van der Waals surface area contributed by atoms with Gasteiger partial charge in [0.15, 0.2) is 0 Å². The van der Waals surface area contributed by atoms with Crippen molar-refractivity contribution in [1.82, 2.24) is 9.97 Å². The van der Waals surface area contributed by atoms with Crippen molar-refractivity contribution in [3.8, 4) is 0 Å². The van der Waals surface area contributed by atoms with Gasteiger partial charge < -0.3 is 10.5 Å². The molecule has 0 saturated heterocycles. The zero-order chi connectivity index (χ0) is 12.3. The average Bonchev–Trinajstić information content (AvgIpc) is 2.11. The first-order valence-electron chi connectivity index (χ1n) is 4.20. The molecule has 0 bridgehead atoms. The van der Waals surface area contributed by atoms with E-state index >= 15 is 0 Å². The highest BCUT2D eigenvalue weighted by molar-refractivity contribution is 9.10. The summed E-state index contributed by atoms with van der Waals surface area (Å²) in [6, 6.07) is 0. The van der Waals surface area contributed by atoms with Gasteiger partial charge in [0.1, 0.15) is 18.1 Å². The van der Waals surface area contributed by atoms with Gasteiger partial charge in [-0.25, -0.2) is 9.97 Å². The van der Waals surface area contributed by atoms with Crippen molar-refractivity contribution in [1.29, 1.82) is 0 Å². The minimum Gasteiger partial charge on any atom is -0.383 e. The molecular weight excluding hydrogens is 291 g/mol. The SMILES string of the molecule is COCc1nc(CC(F)(F)F)nc(N)c1Br. The van der Waals surface area contributed by atoms with Crippen LogP contribution in [0.4, 0.5) is 19.0 Å². The smallest absolute Gasteiger partial charge is 0.383 e. The summed E-state index contributed by atoms with van der Waals surface area (Å²) in [4.78, 5) is 7.27. The highest BCUT2D eigenvalue weighted by Crippen LogP contribution is 2.25. The van der Waals surface area contributed by atoms with E-state index in [0.29, 0.717) is 10.2 Å². The Morgan fingerprint density at radius 2 is 2.00 bits per heavy atom. The first-order chi connectivity index (χ1) is 7.33. The van der Waals surface area contributed by atoms with Crippen LogP contribution in [0, 0.1) is 0 Å². The third-order valence-corrected chi connectivity index (χ3v) is 2.50. The van der Waals surface area contributed by atoms with Crippen molar-refractivity contribution in [2.75, 3.05) is 12.8 Å². The molecule has 1 heterocycles. The molecule has 0 fully saturated rings. The van der Waals surface area contributed by atoms with Crippen molar-refractivity contribution in [2.24, 2.45) is 0 Å². The predicted molar refractivity (Wildman–Crippen MR) is 54.6 cm³/mol. The largest absolute Gasteiger partial charge is 0.396 e. The molecule has 16 heavy (non-hydrogen) atoms. The quantitative estimate of drug-likeness (QED) is 0.928. The first kappa shape index (κ1) is 13.2. The third kappa shape index (κ3) is 3.60. The number of ether oxygens (including phenoxy) is 1. The molecule has 1 aromatic rings. The molecule has 2 N–H and O–H groups in total. The number of nitrogens with two attached hydrogens (primary N) is 1. The van der Waals surface area contributed by atoms with Gasteiger partial charge in [0, 0.05) is 7.11 Å². The molecule has 0 spiro atoms. The number of nitrogens with zero attached hydrogens (tertiary/aromatic N) is 2. The Bertz CT molecular complexity index is 384. The van der Waals surface area contributed by atoms with E-state index in [0.717, 1.165) is 0 Å². The number of anilines is 1. The van der Waals surface area contributed by atoms with Crippen molar-refractivity contribution in [2.45, 2.75) is 19.2 Å². The lowest BCUT2D eigenvalue weighted by Crippen LogP contribution is -2.16. The summed E-state index contributed by atoms with van der Waals surface area (Å²) in [5, 5.41) is 0. The Kier molecular flexibility index (Phi) is 4.09. The van der Waals surface area contributed by atoms with Crippen molar-refractivity contribution in [3.63, 3.8) is 0 Å². The van der Waals surface area contributed by atoms with Crippen LogP contribution in [0.3, 0.4) is 0 Å². The maximum Gasteiger partial charge on any atom is 0.396 e. The standard InChI is InChI=1S/C8H9BrF3N3O/c1-16-3-4-6(9)7(13)15-5(14-4)2-8(10,11)12/h2-3H2,1H3,(H2,13,14,15). The first-order valence-corrected chi connectivity index (χ1v) is 4.99. The van der Waals surface area contributed by atoms with Crippen LogP contribution in [0.15, 0.2) is 4.47 Å². The van der Waals surface area contributed by atoms with Crippen molar-refractivity contribution in [3.05, 3.63) is 16.0 Å². The lowest BCUT2D eigenvalue weighted by Gasteiger charge is -2.09. The summed E-state index contributed by atoms with van der Waals surface area (Å²) in [5.74, 6) is -0.387. The molecule has 1 rings (SSSR count). The molecule has 0 atom stereocenters. The van der Waals surface area contributed by atoms with Crippen LogP contribution in [0.25, 0.3) is 0 Å². The van der Waals surface area contributed by atoms with E-state index in [2.05, 4.69) is 25.9 Å². The molecule has 4 nitrogen and oxygen atoms in total. The Morgan fingerprint density at radius 1 is 1.38 bits per heavy atom. The van der Waals surface area contributed by atoms with Crippen molar-refractivity contribution < 1.29 is 17.9 Å². The van der Waals surface area contributed by atoms with Gasteiger partial charge in [-0.1, -0.05) is 0 Å². The second-order valence-electron chi connectivity index (χ2n) is 3.01. The van der Waals surface area contributed by atoms with Gasteiger partial charge in [-0.15, -0.1) is 0 Å². The second-order valence-corrected chi connectivity index (χ2v) is 3.80. The van der Waals surface area contributed by atoms with E-state index in [9.17, 15) is 13.2 Å². The summed E-state index contributed by atoms with van der Waals surface area (Å²) in [7, 11) is 1.41. The van der Waals surface area contributed by atoms with Gasteiger partial charge in [-0.05, 0) is 15.9 Å². The van der Waals surface area contributed by atoms with Gasteiger partial charge in [0.25, 0.3) is 0 Å². The van der Waals surface area contributed by atoms with E-state index in [1.807, 2.05) is 0 Å². The van der Waals surface area contributed by atoms with Crippen LogP contribution in [0.2, 0.25) is 0 Å². The van der Waals surface area contributed by atoms with Gasteiger partial charge in [-0.3, -0.25) is 0 Å². The fraction of sp³-hybridized carbons (Fsp3) is 0.500. The maximum absolute atomic E-state index is 12.1. The second kappa shape index (κ2) is 4.96. The lowest BCUT2D eigenvalue weighted by molar-refractivity contribution is -0.128. The van der Waals surface area contributed by atoms with Crippen LogP contribution in [0.1, 0.15) is 11.5 Å². The molecular formula is C8H9BrF3N3O. The topological polar surface area (TPSA) is 61.0 Å². The average molecular weight is 300 g/mol. The minimum absolute atomic E-state index is 0.0266. The highest BCUT2D eigenvalue weighted by Gasteiger charge is 2.30. The number of alkyl halides is 3. The van der Waals surface area contributed by atoms with E-state index in [1.165, 1.54) is 7.11 Å². The Morgan fingerprint density at radius 3 is 2.50 bits per heavy atom. The highest BCUT2D eigenvalue weighted by atomic mass is 79.9. The number of hydrogen-bond acceptors (Lipinski definition) is 4. The number of aromatic nitrogens is 2. The van der Waals surface area contributed by atoms with Gasteiger partial charge >= 0.3 is 6.18 Å². The minimum atomic E-state index is -4.36. The molecule has 0 radical (unpaired) electrons. The molecule has 0 aliphatic rings. The van der Waals surface area contributed by atoms with Crippen LogP contribution in [-0.4, -0.2) is 23.3 Å². The zero-order valence-electron chi connectivity index (χ0n) is 8.31. The molecule has 90 valence electrons. The number of hydrogen-bond donors (Lipinski definition) is 1. The van der Waals surface area contributed by atoms with E-state index in [-0.39, 0.29) is 18.2 Å². The monoisotopic (exact) mass is 299 g/mol. The van der Waals surface area contributed by atoms with Crippen LogP contribution >= 0.6 is 15.9 Å². The summed E-state index contributed by atoms with van der Waals surface area (Å²) in [6.07, 6.45) is -5.56. The summed E-state index contributed by atoms with van der Waals surface area (Å²) in [6.45, 7) is 0.0676. The zero-order valence-corrected chi connectivity index (χ0v) is 9.89.